The second kappa shape index (κ2) is 8.21. The summed E-state index contributed by atoms with van der Waals surface area (Å²) in [7, 11) is 1.75. The Morgan fingerprint density at radius 1 is 1.28 bits per heavy atom. The SMILES string of the molecule is CCCCNc1cc(N)nc(Cc2cc3c(c(OC)c2)CCNC3)c1. The lowest BCUT2D eigenvalue weighted by molar-refractivity contribution is 0.405. The standard InChI is InChI=1S/C20H28N4O/c1-3-4-6-23-16-11-17(24-20(21)12-16)9-14-8-15-13-22-7-5-18(15)19(10-14)25-2/h8,10-12,22H,3-7,9,13H2,1-2H3,(H3,21,23,24). The van der Waals surface area contributed by atoms with Gasteiger partial charge in [-0.15, -0.1) is 0 Å². The van der Waals surface area contributed by atoms with Crippen LogP contribution < -0.4 is 21.1 Å². The van der Waals surface area contributed by atoms with Crippen molar-refractivity contribution in [2.75, 3.05) is 31.2 Å². The minimum Gasteiger partial charge on any atom is -0.496 e. The Bertz CT molecular complexity index is 713. The van der Waals surface area contributed by atoms with Gasteiger partial charge in [0.25, 0.3) is 0 Å². The molecule has 3 rings (SSSR count). The molecule has 1 aromatic carbocycles. The molecule has 0 spiro atoms. The second-order valence-corrected chi connectivity index (χ2v) is 6.59. The van der Waals surface area contributed by atoms with E-state index in [1.54, 1.807) is 7.11 Å². The molecule has 0 saturated carbocycles. The maximum Gasteiger partial charge on any atom is 0.125 e. The van der Waals surface area contributed by atoms with Crippen LogP contribution in [0.2, 0.25) is 0 Å². The van der Waals surface area contributed by atoms with Crippen LogP contribution in [0, 0.1) is 0 Å². The van der Waals surface area contributed by atoms with E-state index in [1.807, 2.05) is 6.07 Å². The quantitative estimate of drug-likeness (QED) is 0.676. The number of nitrogen functional groups attached to an aromatic ring is 1. The maximum absolute atomic E-state index is 6.00. The van der Waals surface area contributed by atoms with E-state index in [4.69, 9.17) is 10.5 Å². The predicted octanol–water partition coefficient (Wildman–Crippen LogP) is 3.12. The first kappa shape index (κ1) is 17.5. The maximum atomic E-state index is 6.00. The fourth-order valence-corrected chi connectivity index (χ4v) is 3.35. The first-order valence-electron chi connectivity index (χ1n) is 9.09. The molecule has 0 bridgehead atoms. The Hall–Kier alpha value is -2.27. The van der Waals surface area contributed by atoms with Crippen LogP contribution in [-0.2, 0) is 19.4 Å². The highest BCUT2D eigenvalue weighted by atomic mass is 16.5. The van der Waals surface area contributed by atoms with Gasteiger partial charge in [-0.05, 0) is 48.2 Å². The third kappa shape index (κ3) is 4.42. The molecular weight excluding hydrogens is 312 g/mol. The van der Waals surface area contributed by atoms with Crippen molar-refractivity contribution in [2.24, 2.45) is 0 Å². The minimum atomic E-state index is 0.558. The molecular formula is C20H28N4O. The average molecular weight is 340 g/mol. The van der Waals surface area contributed by atoms with E-state index in [-0.39, 0.29) is 0 Å². The van der Waals surface area contributed by atoms with Crippen molar-refractivity contribution in [1.82, 2.24) is 10.3 Å². The summed E-state index contributed by atoms with van der Waals surface area (Å²) in [4.78, 5) is 4.51. The zero-order chi connectivity index (χ0) is 17.6. The summed E-state index contributed by atoms with van der Waals surface area (Å²) in [5.41, 5.74) is 11.9. The van der Waals surface area contributed by atoms with E-state index in [0.717, 1.165) is 56.0 Å². The van der Waals surface area contributed by atoms with Crippen molar-refractivity contribution in [2.45, 2.75) is 39.2 Å². The van der Waals surface area contributed by atoms with Crippen LogP contribution in [0.5, 0.6) is 5.75 Å². The molecule has 134 valence electrons. The summed E-state index contributed by atoms with van der Waals surface area (Å²) in [5, 5.41) is 6.86. The van der Waals surface area contributed by atoms with Crippen LogP contribution in [0.4, 0.5) is 11.5 Å². The molecule has 4 N–H and O–H groups in total. The molecule has 25 heavy (non-hydrogen) atoms. The molecule has 0 fully saturated rings. The number of hydrogen-bond donors (Lipinski definition) is 3. The molecule has 0 aliphatic carbocycles. The van der Waals surface area contributed by atoms with Gasteiger partial charge in [0.1, 0.15) is 11.6 Å². The monoisotopic (exact) mass is 340 g/mol. The Morgan fingerprint density at radius 2 is 2.16 bits per heavy atom. The minimum absolute atomic E-state index is 0.558. The van der Waals surface area contributed by atoms with Crippen molar-refractivity contribution in [1.29, 1.82) is 0 Å². The van der Waals surface area contributed by atoms with Gasteiger partial charge < -0.3 is 21.1 Å². The van der Waals surface area contributed by atoms with Crippen LogP contribution in [0.1, 0.15) is 42.1 Å². The van der Waals surface area contributed by atoms with Gasteiger partial charge in [0, 0.05) is 37.0 Å². The molecule has 0 radical (unpaired) electrons. The fraction of sp³-hybridized carbons (Fsp3) is 0.450. The smallest absolute Gasteiger partial charge is 0.125 e. The van der Waals surface area contributed by atoms with E-state index in [0.29, 0.717) is 5.82 Å². The van der Waals surface area contributed by atoms with Crippen molar-refractivity contribution < 1.29 is 4.74 Å². The number of anilines is 2. The molecule has 2 heterocycles. The molecule has 1 aromatic heterocycles. The Morgan fingerprint density at radius 3 is 2.96 bits per heavy atom. The lowest BCUT2D eigenvalue weighted by atomic mass is 9.95. The number of methoxy groups -OCH3 is 1. The summed E-state index contributed by atoms with van der Waals surface area (Å²) < 4.78 is 5.62. The Kier molecular flexibility index (Phi) is 5.76. The molecule has 0 atom stereocenters. The van der Waals surface area contributed by atoms with Gasteiger partial charge in [-0.3, -0.25) is 0 Å². The number of fused-ring (bicyclic) bond motifs is 1. The number of pyridine rings is 1. The van der Waals surface area contributed by atoms with E-state index < -0.39 is 0 Å². The Labute approximate surface area is 150 Å². The second-order valence-electron chi connectivity index (χ2n) is 6.59. The summed E-state index contributed by atoms with van der Waals surface area (Å²) in [6.45, 7) is 5.05. The van der Waals surface area contributed by atoms with Gasteiger partial charge in [-0.1, -0.05) is 19.4 Å². The van der Waals surface area contributed by atoms with Crippen molar-refractivity contribution >= 4 is 11.5 Å². The number of aromatic nitrogens is 1. The number of unbranched alkanes of at least 4 members (excludes halogenated alkanes) is 1. The van der Waals surface area contributed by atoms with Gasteiger partial charge in [-0.2, -0.15) is 0 Å². The Balaban J connectivity index is 1.82. The summed E-state index contributed by atoms with van der Waals surface area (Å²) in [5.74, 6) is 1.54. The van der Waals surface area contributed by atoms with E-state index >= 15 is 0 Å². The number of nitrogens with one attached hydrogen (secondary N) is 2. The van der Waals surface area contributed by atoms with Gasteiger partial charge in [-0.25, -0.2) is 4.98 Å². The van der Waals surface area contributed by atoms with E-state index in [1.165, 1.54) is 23.1 Å². The number of rotatable bonds is 7. The average Bonchev–Trinajstić information content (AvgIpc) is 2.61. The number of ether oxygens (including phenoxy) is 1. The zero-order valence-corrected chi connectivity index (χ0v) is 15.2. The summed E-state index contributed by atoms with van der Waals surface area (Å²) in [6, 6.07) is 8.39. The van der Waals surface area contributed by atoms with Gasteiger partial charge in [0.05, 0.1) is 7.11 Å². The topological polar surface area (TPSA) is 72.2 Å². The van der Waals surface area contributed by atoms with Gasteiger partial charge in [0.15, 0.2) is 0 Å². The molecule has 5 nitrogen and oxygen atoms in total. The van der Waals surface area contributed by atoms with E-state index in [9.17, 15) is 0 Å². The number of nitrogens with two attached hydrogens (primary N) is 1. The van der Waals surface area contributed by atoms with Crippen LogP contribution in [-0.4, -0.2) is 25.2 Å². The highest BCUT2D eigenvalue weighted by Gasteiger charge is 2.15. The zero-order valence-electron chi connectivity index (χ0n) is 15.2. The molecule has 0 amide bonds. The lowest BCUT2D eigenvalue weighted by Gasteiger charge is -2.21. The molecule has 5 heteroatoms. The van der Waals surface area contributed by atoms with Crippen LogP contribution in [0.15, 0.2) is 24.3 Å². The molecule has 2 aromatic rings. The first-order valence-corrected chi connectivity index (χ1v) is 9.09. The third-order valence-corrected chi connectivity index (χ3v) is 4.59. The number of hydrogen-bond acceptors (Lipinski definition) is 5. The van der Waals surface area contributed by atoms with Gasteiger partial charge >= 0.3 is 0 Å². The normalized spacial score (nSPS) is 13.4. The summed E-state index contributed by atoms with van der Waals surface area (Å²) in [6.07, 6.45) is 4.08. The van der Waals surface area contributed by atoms with Crippen molar-refractivity contribution in [3.8, 4) is 5.75 Å². The number of nitrogens with zero attached hydrogens (tertiary/aromatic N) is 1. The van der Waals surface area contributed by atoms with Crippen LogP contribution >= 0.6 is 0 Å². The van der Waals surface area contributed by atoms with Crippen molar-refractivity contribution in [3.63, 3.8) is 0 Å². The largest absolute Gasteiger partial charge is 0.496 e. The highest BCUT2D eigenvalue weighted by Crippen LogP contribution is 2.28. The fourth-order valence-electron chi connectivity index (χ4n) is 3.35. The van der Waals surface area contributed by atoms with Gasteiger partial charge in [0.2, 0.25) is 0 Å². The van der Waals surface area contributed by atoms with Crippen LogP contribution in [0.25, 0.3) is 0 Å². The lowest BCUT2D eigenvalue weighted by Crippen LogP contribution is -2.24. The predicted molar refractivity (Wildman–Crippen MR) is 103 cm³/mol. The first-order chi connectivity index (χ1) is 12.2. The third-order valence-electron chi connectivity index (χ3n) is 4.59. The highest BCUT2D eigenvalue weighted by molar-refractivity contribution is 5.53. The van der Waals surface area contributed by atoms with E-state index in [2.05, 4.69) is 40.7 Å². The molecule has 1 aliphatic heterocycles. The molecule has 1 aliphatic rings. The number of benzene rings is 1. The summed E-state index contributed by atoms with van der Waals surface area (Å²) >= 11 is 0. The molecule has 0 saturated heterocycles. The van der Waals surface area contributed by atoms with Crippen molar-refractivity contribution in [3.05, 3.63) is 46.6 Å². The van der Waals surface area contributed by atoms with Crippen LogP contribution in [0.3, 0.4) is 0 Å². The molecule has 0 unspecified atom stereocenters.